The average Bonchev–Trinajstić information content (AvgIpc) is 3.25. The normalized spacial score (nSPS) is 20.3. The lowest BCUT2D eigenvalue weighted by Crippen LogP contribution is -2.22. The molecule has 2 aromatic heterocycles. The maximum Gasteiger partial charge on any atom is 0.228 e. The Kier molecular flexibility index (Phi) is 7.31. The van der Waals surface area contributed by atoms with Crippen LogP contribution in [-0.2, 0) is 11.3 Å². The summed E-state index contributed by atoms with van der Waals surface area (Å²) in [4.78, 5) is 26.7. The number of hydrogen-bond donors (Lipinski definition) is 3. The summed E-state index contributed by atoms with van der Waals surface area (Å²) in [6, 6.07) is 0. The van der Waals surface area contributed by atoms with E-state index in [2.05, 4.69) is 32.1 Å². The number of H-pyrrole nitrogens is 1. The minimum Gasteiger partial charge on any atom is -0.391 e. The number of aromatic amines is 1. The number of anilines is 1. The summed E-state index contributed by atoms with van der Waals surface area (Å²) in [6.45, 7) is 8.49. The summed E-state index contributed by atoms with van der Waals surface area (Å²) in [5, 5.41) is 13.3. The molecule has 28 heavy (non-hydrogen) atoms. The van der Waals surface area contributed by atoms with Gasteiger partial charge in [-0.1, -0.05) is 20.8 Å². The Morgan fingerprint density at radius 3 is 2.86 bits per heavy atom. The molecule has 0 radical (unpaired) electrons. The molecule has 0 aromatic carbocycles. The molecule has 1 aliphatic rings. The molecule has 7 nitrogen and oxygen atoms in total. The highest BCUT2D eigenvalue weighted by Crippen LogP contribution is 2.27. The van der Waals surface area contributed by atoms with Gasteiger partial charge < -0.3 is 15.4 Å². The number of thioether (sulfide) groups is 1. The second kappa shape index (κ2) is 9.71. The summed E-state index contributed by atoms with van der Waals surface area (Å²) in [7, 11) is 0. The molecule has 3 rings (SSSR count). The number of aromatic nitrogens is 3. The van der Waals surface area contributed by atoms with Crippen molar-refractivity contribution in [1.82, 2.24) is 19.9 Å². The van der Waals surface area contributed by atoms with Gasteiger partial charge in [-0.25, -0.2) is 9.97 Å². The molecule has 3 heterocycles. The average molecular weight is 406 g/mol. The topological polar surface area (TPSA) is 94.1 Å². The van der Waals surface area contributed by atoms with Crippen LogP contribution in [0.5, 0.6) is 0 Å². The van der Waals surface area contributed by atoms with Crippen LogP contribution in [0.25, 0.3) is 11.0 Å². The number of nitrogens with zero attached hydrogens (tertiary/aromatic N) is 3. The molecule has 0 spiro atoms. The van der Waals surface area contributed by atoms with Crippen LogP contribution in [0.3, 0.4) is 0 Å². The number of aliphatic hydroxyl groups excluding tert-OH is 1. The van der Waals surface area contributed by atoms with E-state index in [9.17, 15) is 9.90 Å². The molecule has 8 heteroatoms. The molecule has 3 N–H and O–H groups in total. The van der Waals surface area contributed by atoms with Gasteiger partial charge in [-0.05, 0) is 24.3 Å². The first-order valence-electron chi connectivity index (χ1n) is 10.2. The summed E-state index contributed by atoms with van der Waals surface area (Å²) >= 11 is 1.88. The first-order valence-corrected chi connectivity index (χ1v) is 11.3. The number of carbonyl (C=O) groups excluding carboxylic acids is 1. The molecule has 0 bridgehead atoms. The second-order valence-electron chi connectivity index (χ2n) is 7.44. The highest BCUT2D eigenvalue weighted by molar-refractivity contribution is 7.99. The highest BCUT2D eigenvalue weighted by atomic mass is 32.2. The smallest absolute Gasteiger partial charge is 0.228 e. The lowest BCUT2D eigenvalue weighted by atomic mass is 10.0. The SMILES string of the molecule is CCSCC1CN(Cc2c[nH]c3c(NC(=O)C(CC)CC)ncnc23)CC1O. The molecule has 1 saturated heterocycles. The Hall–Kier alpha value is -1.64. The highest BCUT2D eigenvalue weighted by Gasteiger charge is 2.31. The molecule has 154 valence electrons. The Bertz CT molecular complexity index is 792. The van der Waals surface area contributed by atoms with Gasteiger partial charge in [0.05, 0.1) is 11.6 Å². The minimum atomic E-state index is -0.270. The molecular formula is C20H31N5O2S. The number of aliphatic hydroxyl groups is 1. The second-order valence-corrected chi connectivity index (χ2v) is 8.76. The third-order valence-electron chi connectivity index (χ3n) is 5.55. The summed E-state index contributed by atoms with van der Waals surface area (Å²) in [6.07, 6.45) is 4.78. The molecule has 2 unspecified atom stereocenters. The zero-order valence-corrected chi connectivity index (χ0v) is 17.8. The number of hydrogen-bond acceptors (Lipinski definition) is 6. The fourth-order valence-corrected chi connectivity index (χ4v) is 4.70. The van der Waals surface area contributed by atoms with E-state index >= 15 is 0 Å². The Labute approximate surface area is 170 Å². The molecule has 0 aliphatic carbocycles. The van der Waals surface area contributed by atoms with Gasteiger partial charge in [0.1, 0.15) is 11.8 Å². The van der Waals surface area contributed by atoms with Crippen LogP contribution in [0.2, 0.25) is 0 Å². The first kappa shape index (κ1) is 21.1. The van der Waals surface area contributed by atoms with Gasteiger partial charge in [0.2, 0.25) is 5.91 Å². The van der Waals surface area contributed by atoms with E-state index in [1.54, 1.807) is 0 Å². The predicted molar refractivity (Wildman–Crippen MR) is 114 cm³/mol. The molecule has 1 fully saturated rings. The van der Waals surface area contributed by atoms with Gasteiger partial charge in [-0.3, -0.25) is 9.69 Å². The van der Waals surface area contributed by atoms with Crippen molar-refractivity contribution < 1.29 is 9.90 Å². The van der Waals surface area contributed by atoms with Crippen LogP contribution in [0.4, 0.5) is 5.82 Å². The van der Waals surface area contributed by atoms with Gasteiger partial charge in [-0.2, -0.15) is 11.8 Å². The van der Waals surface area contributed by atoms with Crippen LogP contribution < -0.4 is 5.32 Å². The monoisotopic (exact) mass is 405 g/mol. The van der Waals surface area contributed by atoms with Gasteiger partial charge in [0.25, 0.3) is 0 Å². The van der Waals surface area contributed by atoms with E-state index in [1.807, 2.05) is 31.8 Å². The van der Waals surface area contributed by atoms with E-state index in [0.29, 0.717) is 18.3 Å². The number of fused-ring (bicyclic) bond motifs is 1. The summed E-state index contributed by atoms with van der Waals surface area (Å²) in [5.41, 5.74) is 2.65. The zero-order chi connectivity index (χ0) is 20.1. The van der Waals surface area contributed by atoms with E-state index in [1.165, 1.54) is 6.33 Å². The Morgan fingerprint density at radius 1 is 1.36 bits per heavy atom. The van der Waals surface area contributed by atoms with Gasteiger partial charge in [-0.15, -0.1) is 0 Å². The third-order valence-corrected chi connectivity index (χ3v) is 6.62. The van der Waals surface area contributed by atoms with Crippen LogP contribution in [0.1, 0.15) is 39.2 Å². The lowest BCUT2D eigenvalue weighted by Gasteiger charge is -2.15. The van der Waals surface area contributed by atoms with Crippen molar-refractivity contribution in [3.8, 4) is 0 Å². The van der Waals surface area contributed by atoms with Crippen molar-refractivity contribution in [3.05, 3.63) is 18.1 Å². The van der Waals surface area contributed by atoms with Crippen molar-refractivity contribution in [2.75, 3.05) is 29.9 Å². The van der Waals surface area contributed by atoms with Crippen molar-refractivity contribution in [2.24, 2.45) is 11.8 Å². The maximum atomic E-state index is 12.4. The molecule has 1 amide bonds. The van der Waals surface area contributed by atoms with E-state index < -0.39 is 0 Å². The Morgan fingerprint density at radius 2 is 2.14 bits per heavy atom. The zero-order valence-electron chi connectivity index (χ0n) is 16.9. The number of β-amino-alcohol motifs (C(OH)–C–C–N with tert-alkyl or cyclic N) is 1. The van der Waals surface area contributed by atoms with Gasteiger partial charge in [0.15, 0.2) is 5.82 Å². The number of likely N-dealkylation sites (tertiary alicyclic amines) is 1. The van der Waals surface area contributed by atoms with E-state index in [-0.39, 0.29) is 17.9 Å². The molecular weight excluding hydrogens is 374 g/mol. The number of amides is 1. The Balaban J connectivity index is 1.72. The molecule has 1 aliphatic heterocycles. The van der Waals surface area contributed by atoms with Crippen LogP contribution in [-0.4, -0.2) is 61.6 Å². The standard InChI is InChI=1S/C20H31N5O2S/c1-4-13(5-2)20(27)24-19-18-17(22-12-23-19)14(7-21-18)8-25-9-15(11-28-6-3)16(26)10-25/h7,12-13,15-16,21,26H,4-6,8-11H2,1-3H3,(H,22,23,24,27). The third kappa shape index (κ3) is 4.67. The largest absolute Gasteiger partial charge is 0.391 e. The predicted octanol–water partition coefficient (Wildman–Crippen LogP) is 2.88. The molecule has 0 saturated carbocycles. The fourth-order valence-electron chi connectivity index (χ4n) is 3.83. The van der Waals surface area contributed by atoms with Crippen LogP contribution in [0.15, 0.2) is 12.5 Å². The van der Waals surface area contributed by atoms with E-state index in [4.69, 9.17) is 0 Å². The number of rotatable bonds is 9. The minimum absolute atomic E-state index is 0.0000752. The lowest BCUT2D eigenvalue weighted by molar-refractivity contribution is -0.120. The fraction of sp³-hybridized carbons (Fsp3) is 0.650. The van der Waals surface area contributed by atoms with Gasteiger partial charge in [0, 0.05) is 43.2 Å². The summed E-state index contributed by atoms with van der Waals surface area (Å²) < 4.78 is 0. The van der Waals surface area contributed by atoms with Crippen LogP contribution >= 0.6 is 11.8 Å². The maximum absolute atomic E-state index is 12.4. The van der Waals surface area contributed by atoms with Crippen molar-refractivity contribution in [3.63, 3.8) is 0 Å². The van der Waals surface area contributed by atoms with Crippen LogP contribution in [0, 0.1) is 11.8 Å². The van der Waals surface area contributed by atoms with Crippen molar-refractivity contribution in [1.29, 1.82) is 0 Å². The van der Waals surface area contributed by atoms with E-state index in [0.717, 1.165) is 54.0 Å². The molecule has 2 atom stereocenters. The quantitative estimate of drug-likeness (QED) is 0.594. The first-order chi connectivity index (χ1) is 13.6. The summed E-state index contributed by atoms with van der Waals surface area (Å²) in [5.74, 6) is 2.92. The van der Waals surface area contributed by atoms with Crippen molar-refractivity contribution in [2.45, 2.75) is 46.3 Å². The van der Waals surface area contributed by atoms with Crippen molar-refractivity contribution >= 4 is 34.5 Å². The number of carbonyl (C=O) groups is 1. The van der Waals surface area contributed by atoms with Gasteiger partial charge >= 0.3 is 0 Å². The number of nitrogens with one attached hydrogen (secondary N) is 2. The molecule has 2 aromatic rings.